The molecule has 9 heteroatoms. The number of hydrogen-bond acceptors (Lipinski definition) is 6. The maximum atomic E-state index is 10.3. The SMILES string of the molecule is Cc1cccc2ccc3ccc4ccccc4c3c12.O=[N+]([O-])c1cc([N+](=O)[O-])cc([N+](=O)[O-])c1. The normalized spacial score (nSPS) is 10.6. The van der Waals surface area contributed by atoms with E-state index in [9.17, 15) is 30.3 Å². The average molecular weight is 455 g/mol. The topological polar surface area (TPSA) is 129 Å². The van der Waals surface area contributed by atoms with Crippen molar-refractivity contribution in [2.75, 3.05) is 0 Å². The summed E-state index contributed by atoms with van der Waals surface area (Å²) in [6, 6.07) is 26.0. The van der Waals surface area contributed by atoms with E-state index in [2.05, 4.69) is 73.7 Å². The van der Waals surface area contributed by atoms with Gasteiger partial charge in [0.2, 0.25) is 0 Å². The molecule has 0 fully saturated rings. The largest absolute Gasteiger partial charge is 0.283 e. The molecule has 0 aliphatic heterocycles. The molecular formula is C25H17N3O6. The molecular weight excluding hydrogens is 438 g/mol. The van der Waals surface area contributed by atoms with Crippen molar-refractivity contribution < 1.29 is 14.8 Å². The Morgan fingerprint density at radius 2 is 0.971 bits per heavy atom. The molecule has 0 aromatic heterocycles. The number of fused-ring (bicyclic) bond motifs is 5. The molecule has 168 valence electrons. The third-order valence-electron chi connectivity index (χ3n) is 5.48. The first-order chi connectivity index (χ1) is 16.3. The highest BCUT2D eigenvalue weighted by molar-refractivity contribution is 6.20. The molecule has 34 heavy (non-hydrogen) atoms. The van der Waals surface area contributed by atoms with Gasteiger partial charge in [-0.15, -0.1) is 0 Å². The predicted octanol–water partition coefficient (Wildman–Crippen LogP) is 6.87. The highest BCUT2D eigenvalue weighted by atomic mass is 16.6. The van der Waals surface area contributed by atoms with Crippen molar-refractivity contribution in [3.63, 3.8) is 0 Å². The zero-order valence-electron chi connectivity index (χ0n) is 17.9. The van der Waals surface area contributed by atoms with E-state index < -0.39 is 31.8 Å². The van der Waals surface area contributed by atoms with E-state index in [1.54, 1.807) is 0 Å². The molecule has 0 bridgehead atoms. The number of nitro groups is 3. The molecule has 0 aliphatic carbocycles. The minimum absolute atomic E-state index is 0.660. The second kappa shape index (κ2) is 8.91. The van der Waals surface area contributed by atoms with E-state index >= 15 is 0 Å². The maximum absolute atomic E-state index is 10.3. The minimum Gasteiger partial charge on any atom is -0.258 e. The molecule has 0 saturated carbocycles. The molecule has 5 aromatic carbocycles. The van der Waals surface area contributed by atoms with Gasteiger partial charge in [0.15, 0.2) is 0 Å². The summed E-state index contributed by atoms with van der Waals surface area (Å²) < 4.78 is 0. The van der Waals surface area contributed by atoms with Crippen molar-refractivity contribution in [1.29, 1.82) is 0 Å². The number of rotatable bonds is 3. The van der Waals surface area contributed by atoms with Crippen LogP contribution in [0.15, 0.2) is 84.9 Å². The van der Waals surface area contributed by atoms with Crippen LogP contribution in [0.1, 0.15) is 5.56 Å². The summed E-state index contributed by atoms with van der Waals surface area (Å²) >= 11 is 0. The number of nitro benzene ring substituents is 3. The second-order valence-electron chi connectivity index (χ2n) is 7.60. The minimum atomic E-state index is -0.931. The van der Waals surface area contributed by atoms with Gasteiger partial charge in [0.1, 0.15) is 0 Å². The summed E-state index contributed by atoms with van der Waals surface area (Å²) in [6.07, 6.45) is 0. The first-order valence-corrected chi connectivity index (χ1v) is 10.1. The van der Waals surface area contributed by atoms with Crippen LogP contribution in [0.2, 0.25) is 0 Å². The summed E-state index contributed by atoms with van der Waals surface area (Å²) in [5.41, 5.74) is -0.706. The maximum Gasteiger partial charge on any atom is 0.283 e. The van der Waals surface area contributed by atoms with Gasteiger partial charge in [-0.05, 0) is 44.8 Å². The summed E-state index contributed by atoms with van der Waals surface area (Å²) in [4.78, 5) is 28.1. The Labute approximate surface area is 192 Å². The van der Waals surface area contributed by atoms with E-state index in [1.165, 1.54) is 37.9 Å². The van der Waals surface area contributed by atoms with Crippen molar-refractivity contribution in [3.8, 4) is 0 Å². The Hall–Kier alpha value is -4.92. The molecule has 0 aliphatic rings. The number of nitrogens with zero attached hydrogens (tertiary/aromatic N) is 3. The van der Waals surface area contributed by atoms with Crippen molar-refractivity contribution in [2.24, 2.45) is 0 Å². The first-order valence-electron chi connectivity index (χ1n) is 10.1. The van der Waals surface area contributed by atoms with Crippen molar-refractivity contribution in [1.82, 2.24) is 0 Å². The van der Waals surface area contributed by atoms with Crippen LogP contribution in [0.4, 0.5) is 17.1 Å². The molecule has 0 spiro atoms. The van der Waals surface area contributed by atoms with E-state index in [0.717, 1.165) is 0 Å². The lowest BCUT2D eigenvalue weighted by molar-refractivity contribution is -0.403. The molecule has 0 radical (unpaired) electrons. The van der Waals surface area contributed by atoms with Crippen molar-refractivity contribution >= 4 is 49.4 Å². The van der Waals surface area contributed by atoms with E-state index in [0.29, 0.717) is 18.2 Å². The van der Waals surface area contributed by atoms with E-state index in [4.69, 9.17) is 0 Å². The van der Waals surface area contributed by atoms with Gasteiger partial charge < -0.3 is 0 Å². The van der Waals surface area contributed by atoms with Gasteiger partial charge in [0.05, 0.1) is 33.0 Å². The molecule has 0 atom stereocenters. The standard InChI is InChI=1S/C19H14.C6H3N3O6/c1-13-5-4-7-15-11-12-16-10-9-14-6-2-3-8-17(14)19(16)18(13)15;10-7(11)4-1-5(8(12)13)3-6(2-4)9(14)15/h2-12H,1H3;1-3H. The Morgan fingerprint density at radius 3 is 1.50 bits per heavy atom. The zero-order valence-corrected chi connectivity index (χ0v) is 17.9. The molecule has 5 aromatic rings. The highest BCUT2D eigenvalue weighted by Gasteiger charge is 2.21. The highest BCUT2D eigenvalue weighted by Crippen LogP contribution is 2.33. The van der Waals surface area contributed by atoms with Crippen molar-refractivity contribution in [3.05, 3.63) is 121 Å². The third-order valence-corrected chi connectivity index (χ3v) is 5.48. The fourth-order valence-electron chi connectivity index (χ4n) is 3.95. The van der Waals surface area contributed by atoms with E-state index in [-0.39, 0.29) is 0 Å². The number of hydrogen-bond donors (Lipinski definition) is 0. The second-order valence-corrected chi connectivity index (χ2v) is 7.60. The smallest absolute Gasteiger partial charge is 0.258 e. The monoisotopic (exact) mass is 455 g/mol. The van der Waals surface area contributed by atoms with Gasteiger partial charge in [-0.1, -0.05) is 66.7 Å². The van der Waals surface area contributed by atoms with Gasteiger partial charge in [-0.25, -0.2) is 0 Å². The fourth-order valence-corrected chi connectivity index (χ4v) is 3.95. The Kier molecular flexibility index (Phi) is 5.84. The van der Waals surface area contributed by atoms with Gasteiger partial charge >= 0.3 is 0 Å². The Bertz CT molecular complexity index is 1530. The molecule has 0 N–H and O–H groups in total. The van der Waals surface area contributed by atoms with Crippen LogP contribution in [0, 0.1) is 37.3 Å². The molecule has 0 saturated heterocycles. The van der Waals surface area contributed by atoms with Crippen LogP contribution in [0.3, 0.4) is 0 Å². The lowest BCUT2D eigenvalue weighted by Crippen LogP contribution is -1.96. The molecule has 9 nitrogen and oxygen atoms in total. The van der Waals surface area contributed by atoms with Crippen LogP contribution in [-0.4, -0.2) is 14.8 Å². The summed E-state index contributed by atoms with van der Waals surface area (Å²) in [7, 11) is 0. The fraction of sp³-hybridized carbons (Fsp3) is 0.0400. The third kappa shape index (κ3) is 4.22. The number of aryl methyl sites for hydroxylation is 1. The quantitative estimate of drug-likeness (QED) is 0.166. The lowest BCUT2D eigenvalue weighted by Gasteiger charge is -2.10. The van der Waals surface area contributed by atoms with Gasteiger partial charge in [0.25, 0.3) is 17.1 Å². The molecule has 0 heterocycles. The number of non-ortho nitro benzene ring substituents is 3. The lowest BCUT2D eigenvalue weighted by atomic mass is 9.94. The van der Waals surface area contributed by atoms with Gasteiger partial charge in [0, 0.05) is 0 Å². The first kappa shape index (κ1) is 22.3. The van der Waals surface area contributed by atoms with Gasteiger partial charge in [-0.3, -0.25) is 30.3 Å². The van der Waals surface area contributed by atoms with E-state index in [1.807, 2.05) is 0 Å². The Balaban J connectivity index is 0.000000167. The van der Waals surface area contributed by atoms with Crippen LogP contribution in [-0.2, 0) is 0 Å². The Morgan fingerprint density at radius 1 is 0.529 bits per heavy atom. The number of benzene rings is 5. The van der Waals surface area contributed by atoms with Gasteiger partial charge in [-0.2, -0.15) is 0 Å². The zero-order chi connectivity index (χ0) is 24.4. The predicted molar refractivity (Wildman–Crippen MR) is 130 cm³/mol. The van der Waals surface area contributed by atoms with Crippen LogP contribution in [0.5, 0.6) is 0 Å². The van der Waals surface area contributed by atoms with Crippen LogP contribution >= 0.6 is 0 Å². The summed E-state index contributed by atoms with van der Waals surface area (Å²) in [6.45, 7) is 2.20. The molecule has 0 amide bonds. The van der Waals surface area contributed by atoms with Crippen molar-refractivity contribution in [2.45, 2.75) is 6.92 Å². The molecule has 0 unspecified atom stereocenters. The summed E-state index contributed by atoms with van der Waals surface area (Å²) in [5.74, 6) is 0. The molecule has 5 rings (SSSR count). The van der Waals surface area contributed by atoms with Crippen LogP contribution < -0.4 is 0 Å². The average Bonchev–Trinajstić information content (AvgIpc) is 2.83. The summed E-state index contributed by atoms with van der Waals surface area (Å²) in [5, 5.41) is 39.0. The van der Waals surface area contributed by atoms with Crippen LogP contribution in [0.25, 0.3) is 32.3 Å².